The number of nitrogens with two attached hydrogens (primary N) is 1. The SMILES string of the molecule is CCCc1nn(C)c(NC(C)c2ccccn2)c1N. The molecular formula is C14H21N5. The molecule has 0 bridgehead atoms. The average molecular weight is 259 g/mol. The lowest BCUT2D eigenvalue weighted by Gasteiger charge is -2.15. The van der Waals surface area contributed by atoms with E-state index in [1.807, 2.05) is 25.2 Å². The van der Waals surface area contributed by atoms with Gasteiger partial charge in [0.05, 0.1) is 23.1 Å². The van der Waals surface area contributed by atoms with E-state index >= 15 is 0 Å². The highest BCUT2D eigenvalue weighted by Gasteiger charge is 2.15. The molecule has 0 aliphatic rings. The lowest BCUT2D eigenvalue weighted by molar-refractivity contribution is 0.721. The molecule has 3 N–H and O–H groups in total. The summed E-state index contributed by atoms with van der Waals surface area (Å²) in [5.41, 5.74) is 8.84. The Kier molecular flexibility index (Phi) is 4.04. The van der Waals surface area contributed by atoms with E-state index in [-0.39, 0.29) is 6.04 Å². The predicted octanol–water partition coefficient (Wildman–Crippen LogP) is 2.52. The summed E-state index contributed by atoms with van der Waals surface area (Å²) in [5.74, 6) is 0.863. The average Bonchev–Trinajstić information content (AvgIpc) is 2.68. The predicted molar refractivity (Wildman–Crippen MR) is 77.9 cm³/mol. The summed E-state index contributed by atoms with van der Waals surface area (Å²) in [5, 5.41) is 7.84. The lowest BCUT2D eigenvalue weighted by Crippen LogP contribution is -2.12. The molecule has 5 heteroatoms. The number of pyridine rings is 1. The second kappa shape index (κ2) is 5.73. The molecule has 0 spiro atoms. The van der Waals surface area contributed by atoms with Gasteiger partial charge in [0.1, 0.15) is 5.82 Å². The fourth-order valence-corrected chi connectivity index (χ4v) is 2.10. The first-order valence-corrected chi connectivity index (χ1v) is 6.62. The molecule has 1 unspecified atom stereocenters. The molecular weight excluding hydrogens is 238 g/mol. The van der Waals surface area contributed by atoms with Gasteiger partial charge in [0.25, 0.3) is 0 Å². The van der Waals surface area contributed by atoms with Crippen LogP contribution in [-0.2, 0) is 13.5 Å². The normalized spacial score (nSPS) is 12.4. The van der Waals surface area contributed by atoms with Crippen molar-refractivity contribution in [3.63, 3.8) is 0 Å². The summed E-state index contributed by atoms with van der Waals surface area (Å²) in [7, 11) is 1.91. The standard InChI is InChI=1S/C14H21N5/c1-4-7-12-13(15)14(19(3)18-12)17-10(2)11-8-5-6-9-16-11/h5-6,8-10,17H,4,7,15H2,1-3H3. The summed E-state index contributed by atoms with van der Waals surface area (Å²) < 4.78 is 1.81. The second-order valence-electron chi connectivity index (χ2n) is 4.70. The molecule has 5 nitrogen and oxygen atoms in total. The zero-order valence-electron chi connectivity index (χ0n) is 11.7. The maximum Gasteiger partial charge on any atom is 0.148 e. The van der Waals surface area contributed by atoms with Gasteiger partial charge in [-0.2, -0.15) is 5.10 Å². The Morgan fingerprint density at radius 1 is 1.42 bits per heavy atom. The maximum absolute atomic E-state index is 6.15. The van der Waals surface area contributed by atoms with E-state index in [4.69, 9.17) is 5.73 Å². The topological polar surface area (TPSA) is 68.8 Å². The number of rotatable bonds is 5. The first-order valence-electron chi connectivity index (χ1n) is 6.62. The number of hydrogen-bond donors (Lipinski definition) is 2. The molecule has 2 rings (SSSR count). The number of nitrogens with zero attached hydrogens (tertiary/aromatic N) is 3. The maximum atomic E-state index is 6.15. The van der Waals surface area contributed by atoms with E-state index in [0.29, 0.717) is 0 Å². The Labute approximate surface area is 113 Å². The van der Waals surface area contributed by atoms with Crippen molar-refractivity contribution in [2.24, 2.45) is 7.05 Å². The molecule has 0 radical (unpaired) electrons. The van der Waals surface area contributed by atoms with E-state index in [9.17, 15) is 0 Å². The Balaban J connectivity index is 2.19. The van der Waals surface area contributed by atoms with Crippen LogP contribution >= 0.6 is 0 Å². The van der Waals surface area contributed by atoms with E-state index in [2.05, 4.69) is 29.2 Å². The van der Waals surface area contributed by atoms with Crippen molar-refractivity contribution in [1.29, 1.82) is 0 Å². The summed E-state index contributed by atoms with van der Waals surface area (Å²) in [6.07, 6.45) is 3.73. The van der Waals surface area contributed by atoms with E-state index in [0.717, 1.165) is 35.7 Å². The first-order chi connectivity index (χ1) is 9.13. The van der Waals surface area contributed by atoms with Crippen molar-refractivity contribution < 1.29 is 0 Å². The Bertz CT molecular complexity index is 532. The number of aromatic nitrogens is 3. The lowest BCUT2D eigenvalue weighted by atomic mass is 10.2. The van der Waals surface area contributed by atoms with Crippen LogP contribution in [-0.4, -0.2) is 14.8 Å². The smallest absolute Gasteiger partial charge is 0.148 e. The van der Waals surface area contributed by atoms with Gasteiger partial charge in [-0.3, -0.25) is 9.67 Å². The summed E-state index contributed by atoms with van der Waals surface area (Å²) in [6.45, 7) is 4.19. The zero-order valence-corrected chi connectivity index (χ0v) is 11.7. The summed E-state index contributed by atoms with van der Waals surface area (Å²) in [4.78, 5) is 4.34. The molecule has 2 aromatic rings. The number of hydrogen-bond acceptors (Lipinski definition) is 4. The van der Waals surface area contributed by atoms with Crippen LogP contribution in [0, 0.1) is 0 Å². The molecule has 2 heterocycles. The summed E-state index contributed by atoms with van der Waals surface area (Å²) >= 11 is 0. The summed E-state index contributed by atoms with van der Waals surface area (Å²) in [6, 6.07) is 5.98. The van der Waals surface area contributed by atoms with Crippen LogP contribution < -0.4 is 11.1 Å². The van der Waals surface area contributed by atoms with E-state index in [1.54, 1.807) is 10.9 Å². The van der Waals surface area contributed by atoms with E-state index < -0.39 is 0 Å². The second-order valence-corrected chi connectivity index (χ2v) is 4.70. The fourth-order valence-electron chi connectivity index (χ4n) is 2.10. The minimum Gasteiger partial charge on any atom is -0.394 e. The minimum absolute atomic E-state index is 0.0911. The van der Waals surface area contributed by atoms with Crippen molar-refractivity contribution in [2.75, 3.05) is 11.1 Å². The molecule has 0 aromatic carbocycles. The quantitative estimate of drug-likeness (QED) is 0.865. The van der Waals surface area contributed by atoms with Gasteiger partial charge < -0.3 is 11.1 Å². The Morgan fingerprint density at radius 2 is 2.21 bits per heavy atom. The van der Waals surface area contributed by atoms with Crippen LogP contribution in [0.3, 0.4) is 0 Å². The van der Waals surface area contributed by atoms with Gasteiger partial charge >= 0.3 is 0 Å². The van der Waals surface area contributed by atoms with Crippen molar-refractivity contribution in [1.82, 2.24) is 14.8 Å². The Hall–Kier alpha value is -2.04. The highest BCUT2D eigenvalue weighted by atomic mass is 15.3. The first kappa shape index (κ1) is 13.4. The van der Waals surface area contributed by atoms with Gasteiger partial charge in [-0.25, -0.2) is 0 Å². The minimum atomic E-state index is 0.0911. The Morgan fingerprint density at radius 3 is 2.84 bits per heavy atom. The number of nitrogen functional groups attached to an aromatic ring is 1. The molecule has 0 fully saturated rings. The fraction of sp³-hybridized carbons (Fsp3) is 0.429. The van der Waals surface area contributed by atoms with Crippen LogP contribution in [0.15, 0.2) is 24.4 Å². The van der Waals surface area contributed by atoms with Crippen LogP contribution in [0.25, 0.3) is 0 Å². The molecule has 0 aliphatic carbocycles. The van der Waals surface area contributed by atoms with Gasteiger partial charge in [0.2, 0.25) is 0 Å². The molecule has 2 aromatic heterocycles. The molecule has 0 saturated heterocycles. The third-order valence-electron chi connectivity index (χ3n) is 3.13. The van der Waals surface area contributed by atoms with Crippen molar-refractivity contribution in [3.8, 4) is 0 Å². The molecule has 0 saturated carbocycles. The monoisotopic (exact) mass is 259 g/mol. The largest absolute Gasteiger partial charge is 0.394 e. The number of anilines is 2. The molecule has 0 amide bonds. The highest BCUT2D eigenvalue weighted by molar-refractivity contribution is 5.65. The molecule has 1 atom stereocenters. The van der Waals surface area contributed by atoms with Crippen molar-refractivity contribution in [2.45, 2.75) is 32.7 Å². The number of nitrogens with one attached hydrogen (secondary N) is 1. The molecule has 102 valence electrons. The van der Waals surface area contributed by atoms with Gasteiger partial charge in [-0.15, -0.1) is 0 Å². The van der Waals surface area contributed by atoms with Crippen LogP contribution in [0.2, 0.25) is 0 Å². The van der Waals surface area contributed by atoms with E-state index in [1.165, 1.54) is 0 Å². The van der Waals surface area contributed by atoms with Crippen molar-refractivity contribution >= 4 is 11.5 Å². The van der Waals surface area contributed by atoms with Gasteiger partial charge in [0.15, 0.2) is 0 Å². The van der Waals surface area contributed by atoms with Crippen LogP contribution in [0.4, 0.5) is 11.5 Å². The van der Waals surface area contributed by atoms with Gasteiger partial charge in [-0.05, 0) is 25.5 Å². The number of aryl methyl sites for hydroxylation is 2. The zero-order chi connectivity index (χ0) is 13.8. The van der Waals surface area contributed by atoms with Crippen molar-refractivity contribution in [3.05, 3.63) is 35.8 Å². The third-order valence-corrected chi connectivity index (χ3v) is 3.13. The molecule has 0 aliphatic heterocycles. The van der Waals surface area contributed by atoms with Gasteiger partial charge in [0, 0.05) is 13.2 Å². The van der Waals surface area contributed by atoms with Gasteiger partial charge in [-0.1, -0.05) is 19.4 Å². The molecule has 19 heavy (non-hydrogen) atoms. The highest BCUT2D eigenvalue weighted by Crippen LogP contribution is 2.26. The van der Waals surface area contributed by atoms with Crippen LogP contribution in [0.5, 0.6) is 0 Å². The van der Waals surface area contributed by atoms with Crippen LogP contribution in [0.1, 0.15) is 37.7 Å². The third kappa shape index (κ3) is 2.86.